The maximum atomic E-state index is 11.9. The molecule has 132 heavy (non-hydrogen) atoms. The molecule has 0 spiro atoms. The number of hydrogen-bond acceptors (Lipinski definition) is 14. The van der Waals surface area contributed by atoms with E-state index in [1.165, 1.54) is 49.7 Å². The van der Waals surface area contributed by atoms with Gasteiger partial charge in [0.2, 0.25) is 23.6 Å². The Morgan fingerprint density at radius 1 is 0.364 bits per heavy atom. The van der Waals surface area contributed by atoms with Crippen LogP contribution in [0.2, 0.25) is 0 Å². The Morgan fingerprint density at radius 2 is 0.652 bits per heavy atom. The van der Waals surface area contributed by atoms with E-state index in [1.807, 2.05) is 319 Å². The van der Waals surface area contributed by atoms with Gasteiger partial charge < -0.3 is 91.7 Å². The molecule has 0 unspecified atom stereocenters. The molecule has 2 aliphatic heterocycles. The van der Waals surface area contributed by atoms with E-state index in [-0.39, 0.29) is 153 Å². The Morgan fingerprint density at radius 3 is 0.894 bits per heavy atom. The Balaban J connectivity index is -0.000000213. The number of furan rings is 2. The summed E-state index contributed by atoms with van der Waals surface area (Å²) < 4.78 is 14.7. The van der Waals surface area contributed by atoms with Crippen molar-refractivity contribution >= 4 is 65.5 Å². The van der Waals surface area contributed by atoms with Crippen molar-refractivity contribution in [3.8, 4) is 0 Å². The van der Waals surface area contributed by atoms with E-state index in [0.29, 0.717) is 61.3 Å². The number of carbonyl (C=O) groups is 11. The minimum Gasteiger partial charge on any atom is -0.472 e. The quantitative estimate of drug-likeness (QED) is 0.0949. The second kappa shape index (κ2) is 66.5. The summed E-state index contributed by atoms with van der Waals surface area (Å²) in [5.74, 6) is 1.06. The Hall–Kier alpha value is -8.89. The van der Waals surface area contributed by atoms with Crippen molar-refractivity contribution in [2.24, 2.45) is 11.8 Å². The van der Waals surface area contributed by atoms with Crippen LogP contribution >= 0.6 is 0 Å². The highest BCUT2D eigenvalue weighted by Gasteiger charge is 2.32. The van der Waals surface area contributed by atoms with Crippen molar-refractivity contribution in [2.75, 3.05) is 53.5 Å². The standard InChI is InChI=1S/C11H24N2O.C11H15NO.C10H19NO.C9H18N2O2.C9H18N2O.2C9H13NO2.C8H15NO.C8H17NO.C7H16N2O.C6H13NO.2C2H6.2CH4/c1-8(2)13(9(3)4)10(14)12-11(5,6)7;1-11(2,3)12-10(13)9-7-5-4-6-8-9;1-10(2,3)11-9(12)8-6-4-5-7-8;1-9(2,3)10-8(12)11-4-6-13-7-5-11;1-9(2,3)10-8(12)11-6-4-5-7-11;2*1-9(2,3)10-8(11)7-4-5-12-6-7;1-8(2,3)9-7(10)6-4-5-6;1-5-6-7(10)9-8(2,3)4;1-7(2,3)8-6(10)9(4)5;1-5(8)7-6(2,3)4;2*1-2;;/h8-9H,1-7H3,(H,12,14);4-8H,1-3H3,(H,12,13);8H,4-7H2,1-3H3,(H,11,12);4-7H2,1-3H3,(H,10,12);4-7H2,1-3H3,(H,10,12);2*4-6H,1-3H3,(H,10,11);6H,4-5H2,1-3H3,(H,9,10);5-6H2,1-4H3,(H,9,10);1-5H3,(H,8,10);1-4H3,(H,7,8);2*1-2H3;2*1H4. The zero-order valence-electron chi connectivity index (χ0n) is 90.5. The van der Waals surface area contributed by atoms with E-state index < -0.39 is 0 Å². The predicted molar refractivity (Wildman–Crippen MR) is 551 cm³/mol. The molecular formula is C103H201N15O14. The van der Waals surface area contributed by atoms with Crippen LogP contribution in [0.4, 0.5) is 19.2 Å². The third-order valence-electron chi connectivity index (χ3n) is 15.7. The third-order valence-corrected chi connectivity index (χ3v) is 15.7. The van der Waals surface area contributed by atoms with Crippen LogP contribution < -0.4 is 58.5 Å². The highest BCUT2D eigenvalue weighted by molar-refractivity contribution is 5.95. The van der Waals surface area contributed by atoms with Crippen LogP contribution in [0.15, 0.2) is 76.4 Å². The minimum absolute atomic E-state index is 0. The number of likely N-dealkylation sites (tertiary alicyclic amines) is 1. The largest absolute Gasteiger partial charge is 0.472 e. The van der Waals surface area contributed by atoms with Gasteiger partial charge in [0.15, 0.2) is 0 Å². The van der Waals surface area contributed by atoms with Crippen LogP contribution in [0.5, 0.6) is 0 Å². The van der Waals surface area contributed by atoms with Gasteiger partial charge in [-0.05, 0) is 325 Å². The van der Waals surface area contributed by atoms with Crippen molar-refractivity contribution in [1.29, 1.82) is 0 Å². The van der Waals surface area contributed by atoms with Gasteiger partial charge in [0, 0.05) is 144 Å². The summed E-state index contributed by atoms with van der Waals surface area (Å²) in [5.41, 5.74) is 0.398. The maximum Gasteiger partial charge on any atom is 0.318 e. The smallest absolute Gasteiger partial charge is 0.318 e. The van der Waals surface area contributed by atoms with Crippen molar-refractivity contribution in [3.05, 3.63) is 84.2 Å². The second-order valence-corrected chi connectivity index (χ2v) is 44.2. The lowest BCUT2D eigenvalue weighted by Gasteiger charge is -2.34. The zero-order chi connectivity index (χ0) is 103. The normalized spacial score (nSPS) is 13.5. The lowest BCUT2D eigenvalue weighted by atomic mass is 10.0. The van der Waals surface area contributed by atoms with Gasteiger partial charge in [0.1, 0.15) is 12.5 Å². The molecule has 15 amide bonds. The van der Waals surface area contributed by atoms with Gasteiger partial charge in [-0.1, -0.05) is 80.5 Å². The second-order valence-electron chi connectivity index (χ2n) is 44.2. The van der Waals surface area contributed by atoms with E-state index >= 15 is 0 Å². The van der Waals surface area contributed by atoms with Crippen LogP contribution in [0.25, 0.3) is 0 Å². The number of nitrogens with zero attached hydrogens (tertiary/aromatic N) is 4. The van der Waals surface area contributed by atoms with Gasteiger partial charge in [-0.3, -0.25) is 33.6 Å². The van der Waals surface area contributed by atoms with Gasteiger partial charge >= 0.3 is 24.1 Å². The molecule has 2 aromatic heterocycles. The van der Waals surface area contributed by atoms with E-state index in [9.17, 15) is 52.7 Å². The number of hydrogen-bond donors (Lipinski definition) is 11. The monoisotopic (exact) mass is 1870 g/mol. The summed E-state index contributed by atoms with van der Waals surface area (Å²) in [6, 6.07) is 13.0. The zero-order valence-corrected chi connectivity index (χ0v) is 90.5. The molecule has 29 nitrogen and oxygen atoms in total. The molecule has 4 aliphatic rings. The highest BCUT2D eigenvalue weighted by atomic mass is 16.5. The van der Waals surface area contributed by atoms with E-state index in [1.54, 1.807) is 43.3 Å². The SMILES string of the molecule is C.C.CC.CC.CC(=O)NC(C)(C)C.CC(C)(C)NC(=O)C1CC1.CC(C)(C)NC(=O)C1CCCC1.CC(C)(C)NC(=O)N1CCCC1.CC(C)(C)NC(=O)N1CCOCC1.CC(C)(C)NC(=O)c1ccccc1.CC(C)(C)NC(=O)c1ccoc1.CC(C)(C)NC(=O)c1ccoc1.CC(C)N(C(=O)NC(C)(C)C)C(C)C.CCCC(=O)NC(C)(C)C.CN(C)C(=O)NC(C)(C)C. The first-order chi connectivity index (χ1) is 58.8. The number of morpholine rings is 1. The molecule has 1 aromatic carbocycles. The molecule has 4 fully saturated rings. The molecule has 3 aromatic rings. The molecule has 0 atom stereocenters. The molecule has 0 bridgehead atoms. The molecule has 2 saturated carbocycles. The van der Waals surface area contributed by atoms with Crippen LogP contribution in [0, 0.1) is 11.8 Å². The Kier molecular flexibility index (Phi) is 69.8. The van der Waals surface area contributed by atoms with E-state index in [0.717, 1.165) is 58.0 Å². The topological polar surface area (TPSA) is 369 Å². The summed E-state index contributed by atoms with van der Waals surface area (Å²) in [7, 11) is 3.45. The number of amides is 15. The van der Waals surface area contributed by atoms with Crippen LogP contribution in [0.3, 0.4) is 0 Å². The molecule has 4 heterocycles. The number of nitrogens with one attached hydrogen (secondary N) is 11. The number of benzene rings is 1. The fourth-order valence-electron chi connectivity index (χ4n) is 10.7. The van der Waals surface area contributed by atoms with Crippen LogP contribution in [0.1, 0.15) is 408 Å². The molecule has 7 rings (SSSR count). The molecule has 2 aliphatic carbocycles. The predicted octanol–water partition coefficient (Wildman–Crippen LogP) is 21.3. The van der Waals surface area contributed by atoms with Crippen molar-refractivity contribution in [3.63, 3.8) is 0 Å². The van der Waals surface area contributed by atoms with Gasteiger partial charge in [0.25, 0.3) is 17.7 Å². The van der Waals surface area contributed by atoms with Crippen molar-refractivity contribution in [2.45, 2.75) is 450 Å². The van der Waals surface area contributed by atoms with Gasteiger partial charge in [-0.15, -0.1) is 0 Å². The molecular weight excluding hydrogens is 1670 g/mol. The summed E-state index contributed by atoms with van der Waals surface area (Å²) in [6.07, 6.45) is 16.5. The van der Waals surface area contributed by atoms with Crippen LogP contribution in [-0.4, -0.2) is 212 Å². The van der Waals surface area contributed by atoms with Gasteiger partial charge in [-0.25, -0.2) is 19.2 Å². The average molecular weight is 1870 g/mol. The fraction of sp³-hybridized carbons (Fsp3) is 0.757. The molecule has 772 valence electrons. The molecule has 0 radical (unpaired) electrons. The molecule has 2 saturated heterocycles. The third kappa shape index (κ3) is 89.0. The van der Waals surface area contributed by atoms with Crippen molar-refractivity contribution in [1.82, 2.24) is 78.1 Å². The fourth-order valence-corrected chi connectivity index (χ4v) is 10.7. The summed E-state index contributed by atoms with van der Waals surface area (Å²) >= 11 is 0. The minimum atomic E-state index is -0.200. The summed E-state index contributed by atoms with van der Waals surface area (Å²) in [6.45, 7) is 89.4. The Bertz CT molecular complexity index is 3440. The van der Waals surface area contributed by atoms with Gasteiger partial charge in [0.05, 0.1) is 36.9 Å². The first kappa shape index (κ1) is 139. The first-order valence-corrected chi connectivity index (χ1v) is 46.9. The maximum absolute atomic E-state index is 11.9. The average Bonchev–Trinajstić information content (AvgIpc) is 1.81. The first-order valence-electron chi connectivity index (χ1n) is 46.9. The summed E-state index contributed by atoms with van der Waals surface area (Å²) in [5, 5.41) is 31.8. The molecule has 11 N–H and O–H groups in total. The lowest BCUT2D eigenvalue weighted by Crippen LogP contribution is -2.53. The number of urea groups is 4. The molecule has 29 heteroatoms. The van der Waals surface area contributed by atoms with Crippen molar-refractivity contribution < 1.29 is 66.3 Å². The highest BCUT2D eigenvalue weighted by Crippen LogP contribution is 2.29. The van der Waals surface area contributed by atoms with Crippen LogP contribution in [-0.2, 0) is 23.9 Å². The van der Waals surface area contributed by atoms with E-state index in [2.05, 4.69) is 58.5 Å². The summed E-state index contributed by atoms with van der Waals surface area (Å²) in [4.78, 5) is 131. The number of carbonyl (C=O) groups excluding carboxylic acids is 11. The van der Waals surface area contributed by atoms with Gasteiger partial charge in [-0.2, -0.15) is 0 Å². The number of ether oxygens (including phenoxy) is 1. The van der Waals surface area contributed by atoms with E-state index in [4.69, 9.17) is 13.6 Å². The Labute approximate surface area is 805 Å². The lowest BCUT2D eigenvalue weighted by molar-refractivity contribution is -0.126. The number of rotatable bonds is 9.